The first kappa shape index (κ1) is 14.4. The summed E-state index contributed by atoms with van der Waals surface area (Å²) in [6.45, 7) is 4.54. The molecule has 17 heavy (non-hydrogen) atoms. The Morgan fingerprint density at radius 3 is 2.71 bits per heavy atom. The highest BCUT2D eigenvalue weighted by Gasteiger charge is 2.26. The summed E-state index contributed by atoms with van der Waals surface area (Å²) in [6, 6.07) is -0.757. The van der Waals surface area contributed by atoms with Crippen LogP contribution in [0.3, 0.4) is 0 Å². The quantitative estimate of drug-likeness (QED) is 0.713. The molecular formula is C12H21NO3S. The number of amides is 1. The van der Waals surface area contributed by atoms with Crippen LogP contribution in [0.4, 0.5) is 0 Å². The van der Waals surface area contributed by atoms with Gasteiger partial charge in [-0.1, -0.05) is 13.8 Å². The van der Waals surface area contributed by atoms with E-state index in [1.165, 1.54) is 6.42 Å². The van der Waals surface area contributed by atoms with Crippen molar-refractivity contribution in [2.45, 2.75) is 44.4 Å². The van der Waals surface area contributed by atoms with Crippen LogP contribution in [-0.4, -0.2) is 34.5 Å². The van der Waals surface area contributed by atoms with Crippen LogP contribution in [0.5, 0.6) is 0 Å². The number of rotatable bonds is 6. The van der Waals surface area contributed by atoms with Crippen LogP contribution in [0.1, 0.15) is 33.1 Å². The van der Waals surface area contributed by atoms with Gasteiger partial charge in [0.15, 0.2) is 0 Å². The predicted molar refractivity (Wildman–Crippen MR) is 69.0 cm³/mol. The van der Waals surface area contributed by atoms with Gasteiger partial charge in [-0.25, -0.2) is 4.79 Å². The van der Waals surface area contributed by atoms with Crippen LogP contribution in [0.25, 0.3) is 0 Å². The number of carboxylic acid groups (broad SMARTS) is 1. The van der Waals surface area contributed by atoms with Crippen LogP contribution in [0, 0.1) is 11.8 Å². The summed E-state index contributed by atoms with van der Waals surface area (Å²) in [5, 5.41) is 11.8. The van der Waals surface area contributed by atoms with Crippen LogP contribution in [0.15, 0.2) is 0 Å². The third kappa shape index (κ3) is 4.58. The Hall–Kier alpha value is -0.710. The lowest BCUT2D eigenvalue weighted by Crippen LogP contribution is -2.38. The second-order valence-electron chi connectivity index (χ2n) is 4.90. The number of aliphatic carboxylic acids is 1. The topological polar surface area (TPSA) is 66.4 Å². The first-order valence-corrected chi connectivity index (χ1v) is 7.13. The van der Waals surface area contributed by atoms with Crippen molar-refractivity contribution in [1.29, 1.82) is 0 Å². The lowest BCUT2D eigenvalue weighted by Gasteiger charge is -2.32. The van der Waals surface area contributed by atoms with Gasteiger partial charge in [0.1, 0.15) is 6.04 Å². The second-order valence-corrected chi connectivity index (χ2v) is 6.23. The lowest BCUT2D eigenvalue weighted by molar-refractivity contribution is -0.139. The van der Waals surface area contributed by atoms with Gasteiger partial charge >= 0.3 is 5.97 Å². The number of nitrogens with one attached hydrogen (secondary N) is 1. The molecule has 0 aromatic heterocycles. The predicted octanol–water partition coefficient (Wildman–Crippen LogP) is 1.74. The lowest BCUT2D eigenvalue weighted by atomic mass is 9.81. The number of hydrogen-bond acceptors (Lipinski definition) is 3. The van der Waals surface area contributed by atoms with E-state index < -0.39 is 12.0 Å². The van der Waals surface area contributed by atoms with Gasteiger partial charge < -0.3 is 10.4 Å². The van der Waals surface area contributed by atoms with Crippen molar-refractivity contribution < 1.29 is 14.7 Å². The molecule has 1 amide bonds. The van der Waals surface area contributed by atoms with E-state index in [0.717, 1.165) is 18.8 Å². The Kier molecular flexibility index (Phi) is 5.82. The van der Waals surface area contributed by atoms with E-state index in [4.69, 9.17) is 5.11 Å². The molecule has 4 unspecified atom stereocenters. The fraction of sp³-hybridized carbons (Fsp3) is 0.833. The number of thioether (sulfide) groups is 1. The van der Waals surface area contributed by atoms with Crippen molar-refractivity contribution in [3.8, 4) is 0 Å². The molecule has 0 heterocycles. The van der Waals surface area contributed by atoms with Gasteiger partial charge in [0.05, 0.1) is 0 Å². The molecule has 4 atom stereocenters. The standard InChI is InChI=1S/C12H21NO3S/c1-8-3-4-10(5-9(8)2)17-6-11(12(15)16)13-7-14/h7-11H,3-6H2,1-2H3,(H,13,14)(H,15,16). The highest BCUT2D eigenvalue weighted by Crippen LogP contribution is 2.35. The Morgan fingerprint density at radius 1 is 1.47 bits per heavy atom. The highest BCUT2D eigenvalue weighted by atomic mass is 32.2. The molecule has 2 N–H and O–H groups in total. The van der Waals surface area contributed by atoms with Crippen molar-refractivity contribution in [2.24, 2.45) is 11.8 Å². The van der Waals surface area contributed by atoms with Crippen molar-refractivity contribution in [2.75, 3.05) is 5.75 Å². The van der Waals surface area contributed by atoms with Gasteiger partial charge in [-0.15, -0.1) is 0 Å². The van der Waals surface area contributed by atoms with Gasteiger partial charge in [-0.3, -0.25) is 4.79 Å². The average Bonchev–Trinajstić information content (AvgIpc) is 2.28. The monoisotopic (exact) mass is 259 g/mol. The van der Waals surface area contributed by atoms with Crippen molar-refractivity contribution >= 4 is 24.1 Å². The number of carbonyl (C=O) groups excluding carboxylic acids is 1. The third-order valence-corrected chi connectivity index (χ3v) is 5.04. The number of carbonyl (C=O) groups is 2. The summed E-state index contributed by atoms with van der Waals surface area (Å²) in [6.07, 6.45) is 3.99. The van der Waals surface area contributed by atoms with E-state index in [-0.39, 0.29) is 0 Å². The molecule has 0 spiro atoms. The Bertz CT molecular complexity index is 272. The number of hydrogen-bond donors (Lipinski definition) is 2. The van der Waals surface area contributed by atoms with Gasteiger partial charge in [0.2, 0.25) is 6.41 Å². The molecule has 1 aliphatic carbocycles. The van der Waals surface area contributed by atoms with Gasteiger partial charge in [-0.05, 0) is 31.1 Å². The molecule has 4 nitrogen and oxygen atoms in total. The SMILES string of the molecule is CC1CCC(SCC(NC=O)C(=O)O)CC1C. The summed E-state index contributed by atoms with van der Waals surface area (Å²) < 4.78 is 0. The summed E-state index contributed by atoms with van der Waals surface area (Å²) in [7, 11) is 0. The molecule has 1 rings (SSSR count). The van der Waals surface area contributed by atoms with Gasteiger partial charge in [0, 0.05) is 11.0 Å². The van der Waals surface area contributed by atoms with Crippen LogP contribution in [-0.2, 0) is 9.59 Å². The summed E-state index contributed by atoms with van der Waals surface area (Å²) in [5.41, 5.74) is 0. The molecule has 0 radical (unpaired) electrons. The van der Waals surface area contributed by atoms with Crippen molar-refractivity contribution in [1.82, 2.24) is 5.32 Å². The zero-order valence-corrected chi connectivity index (χ0v) is 11.2. The molecule has 1 saturated carbocycles. The maximum atomic E-state index is 10.8. The Morgan fingerprint density at radius 2 is 2.18 bits per heavy atom. The summed E-state index contributed by atoms with van der Waals surface area (Å²) in [4.78, 5) is 21.1. The zero-order chi connectivity index (χ0) is 12.8. The maximum absolute atomic E-state index is 10.8. The molecule has 0 bridgehead atoms. The Labute approximate surface area is 107 Å². The largest absolute Gasteiger partial charge is 0.480 e. The molecule has 1 fully saturated rings. The second kappa shape index (κ2) is 6.89. The zero-order valence-electron chi connectivity index (χ0n) is 10.4. The Balaban J connectivity index is 2.34. The van der Waals surface area contributed by atoms with Crippen molar-refractivity contribution in [3.63, 3.8) is 0 Å². The summed E-state index contributed by atoms with van der Waals surface area (Å²) in [5.74, 6) is 0.987. The third-order valence-electron chi connectivity index (χ3n) is 3.62. The normalized spacial score (nSPS) is 30.6. The minimum absolute atomic E-state index is 0.458. The molecule has 1 aliphatic rings. The molecule has 0 aromatic rings. The molecule has 0 saturated heterocycles. The van der Waals surface area contributed by atoms with Crippen molar-refractivity contribution in [3.05, 3.63) is 0 Å². The maximum Gasteiger partial charge on any atom is 0.327 e. The average molecular weight is 259 g/mol. The van der Waals surface area contributed by atoms with Crippen LogP contribution < -0.4 is 5.32 Å². The minimum Gasteiger partial charge on any atom is -0.480 e. The molecule has 98 valence electrons. The van der Waals surface area contributed by atoms with E-state index in [0.29, 0.717) is 23.3 Å². The van der Waals surface area contributed by atoms with E-state index in [1.54, 1.807) is 11.8 Å². The van der Waals surface area contributed by atoms with Gasteiger partial charge in [0.25, 0.3) is 0 Å². The minimum atomic E-state index is -0.957. The highest BCUT2D eigenvalue weighted by molar-refractivity contribution is 7.99. The van der Waals surface area contributed by atoms with E-state index in [9.17, 15) is 9.59 Å². The summed E-state index contributed by atoms with van der Waals surface area (Å²) >= 11 is 1.68. The molecule has 0 aliphatic heterocycles. The van der Waals surface area contributed by atoms with E-state index >= 15 is 0 Å². The molecular weight excluding hydrogens is 238 g/mol. The smallest absolute Gasteiger partial charge is 0.327 e. The van der Waals surface area contributed by atoms with E-state index in [2.05, 4.69) is 19.2 Å². The molecule has 0 aromatic carbocycles. The first-order valence-electron chi connectivity index (χ1n) is 6.08. The molecule has 5 heteroatoms. The van der Waals surface area contributed by atoms with Gasteiger partial charge in [-0.2, -0.15) is 11.8 Å². The number of carboxylic acids is 1. The fourth-order valence-electron chi connectivity index (χ4n) is 2.15. The fourth-order valence-corrected chi connectivity index (χ4v) is 3.60. The van der Waals surface area contributed by atoms with E-state index in [1.807, 2.05) is 0 Å². The van der Waals surface area contributed by atoms with Crippen LogP contribution >= 0.6 is 11.8 Å². The van der Waals surface area contributed by atoms with Crippen LogP contribution in [0.2, 0.25) is 0 Å². The first-order chi connectivity index (χ1) is 8.04.